The second-order valence-corrected chi connectivity index (χ2v) is 7.31. The van der Waals surface area contributed by atoms with Gasteiger partial charge in [0.1, 0.15) is 5.75 Å². The Bertz CT molecular complexity index is 625. The van der Waals surface area contributed by atoms with Gasteiger partial charge in [-0.05, 0) is 49.9 Å². The van der Waals surface area contributed by atoms with Crippen LogP contribution in [0.2, 0.25) is 0 Å². The first kappa shape index (κ1) is 18.1. The minimum Gasteiger partial charge on any atom is -0.493 e. The van der Waals surface area contributed by atoms with Gasteiger partial charge in [0.15, 0.2) is 0 Å². The van der Waals surface area contributed by atoms with Gasteiger partial charge in [0, 0.05) is 17.1 Å². The molecule has 0 aliphatic carbocycles. The zero-order chi connectivity index (χ0) is 16.4. The second kappa shape index (κ2) is 6.44. The molecular formula is C13H16ClF3O3S. The summed E-state index contributed by atoms with van der Waals surface area (Å²) in [4.78, 5) is -0.0122. The van der Waals surface area contributed by atoms with Crippen LogP contribution >= 0.6 is 10.7 Å². The summed E-state index contributed by atoms with van der Waals surface area (Å²) in [5.41, 5.74) is 1.51. The van der Waals surface area contributed by atoms with E-state index in [1.54, 1.807) is 20.8 Å². The molecule has 8 heteroatoms. The van der Waals surface area contributed by atoms with E-state index in [-0.39, 0.29) is 17.9 Å². The number of hydrogen-bond donors (Lipinski definition) is 0. The van der Waals surface area contributed by atoms with Crippen LogP contribution in [0.25, 0.3) is 0 Å². The summed E-state index contributed by atoms with van der Waals surface area (Å²) in [6.45, 7) is 4.75. The van der Waals surface area contributed by atoms with Crippen LogP contribution in [0, 0.1) is 20.8 Å². The third kappa shape index (κ3) is 5.07. The maximum absolute atomic E-state index is 12.1. The van der Waals surface area contributed by atoms with E-state index in [9.17, 15) is 21.6 Å². The van der Waals surface area contributed by atoms with Crippen LogP contribution in [-0.4, -0.2) is 21.2 Å². The van der Waals surface area contributed by atoms with Crippen molar-refractivity contribution in [2.45, 2.75) is 44.7 Å². The second-order valence-electron chi connectivity index (χ2n) is 4.78. The van der Waals surface area contributed by atoms with Gasteiger partial charge >= 0.3 is 6.18 Å². The molecule has 0 radical (unpaired) electrons. The molecule has 21 heavy (non-hydrogen) atoms. The van der Waals surface area contributed by atoms with Crippen LogP contribution in [0.5, 0.6) is 5.75 Å². The fraction of sp³-hybridized carbons (Fsp3) is 0.538. The third-order valence-corrected chi connectivity index (χ3v) is 4.54. The summed E-state index contributed by atoms with van der Waals surface area (Å²) >= 11 is 0. The fourth-order valence-electron chi connectivity index (χ4n) is 1.94. The summed E-state index contributed by atoms with van der Waals surface area (Å²) in [7, 11) is 1.47. The van der Waals surface area contributed by atoms with Crippen LogP contribution in [0.4, 0.5) is 13.2 Å². The van der Waals surface area contributed by atoms with E-state index in [1.165, 1.54) is 6.07 Å². The Hall–Kier alpha value is -0.950. The van der Waals surface area contributed by atoms with Gasteiger partial charge in [-0.1, -0.05) is 0 Å². The summed E-state index contributed by atoms with van der Waals surface area (Å²) in [5.74, 6) is 0.402. The van der Waals surface area contributed by atoms with Gasteiger partial charge in [0.05, 0.1) is 11.5 Å². The Balaban J connectivity index is 2.93. The Morgan fingerprint density at radius 1 is 1.19 bits per heavy atom. The molecule has 0 atom stereocenters. The lowest BCUT2D eigenvalue weighted by atomic mass is 10.1. The lowest BCUT2D eigenvalue weighted by molar-refractivity contribution is -0.136. The lowest BCUT2D eigenvalue weighted by Gasteiger charge is -2.16. The number of halogens is 4. The van der Waals surface area contributed by atoms with Gasteiger partial charge in [-0.2, -0.15) is 13.2 Å². The van der Waals surface area contributed by atoms with Gasteiger partial charge < -0.3 is 4.74 Å². The quantitative estimate of drug-likeness (QED) is 0.592. The van der Waals surface area contributed by atoms with E-state index < -0.39 is 21.6 Å². The summed E-state index contributed by atoms with van der Waals surface area (Å²) in [5, 5.41) is 0. The van der Waals surface area contributed by atoms with Crippen molar-refractivity contribution in [1.82, 2.24) is 0 Å². The first-order valence-electron chi connectivity index (χ1n) is 6.18. The van der Waals surface area contributed by atoms with E-state index in [4.69, 9.17) is 15.4 Å². The minimum absolute atomic E-state index is 0.0122. The summed E-state index contributed by atoms with van der Waals surface area (Å²) in [6, 6.07) is 1.36. The molecule has 0 spiro atoms. The molecule has 120 valence electrons. The zero-order valence-corrected chi connectivity index (χ0v) is 13.4. The predicted octanol–water partition coefficient (Wildman–Crippen LogP) is 4.26. The minimum atomic E-state index is -4.21. The number of aryl methyl sites for hydroxylation is 1. The number of rotatable bonds is 5. The summed E-state index contributed by atoms with van der Waals surface area (Å²) < 4.78 is 64.4. The van der Waals surface area contributed by atoms with Gasteiger partial charge in [-0.3, -0.25) is 0 Å². The molecule has 0 N–H and O–H groups in total. The molecule has 0 saturated heterocycles. The van der Waals surface area contributed by atoms with Crippen molar-refractivity contribution in [3.63, 3.8) is 0 Å². The first-order valence-corrected chi connectivity index (χ1v) is 8.49. The predicted molar refractivity (Wildman–Crippen MR) is 74.5 cm³/mol. The molecule has 1 aromatic rings. The molecule has 0 unspecified atom stereocenters. The van der Waals surface area contributed by atoms with Gasteiger partial charge in [0.2, 0.25) is 0 Å². The molecular weight excluding hydrogens is 329 g/mol. The highest BCUT2D eigenvalue weighted by atomic mass is 35.7. The summed E-state index contributed by atoms with van der Waals surface area (Å²) in [6.07, 6.45) is -5.28. The monoisotopic (exact) mass is 344 g/mol. The van der Waals surface area contributed by atoms with E-state index in [0.717, 1.165) is 0 Å². The van der Waals surface area contributed by atoms with E-state index in [2.05, 4.69) is 0 Å². The average Bonchev–Trinajstić information content (AvgIpc) is 2.30. The first-order chi connectivity index (χ1) is 9.43. The molecule has 0 heterocycles. The number of hydrogen-bond acceptors (Lipinski definition) is 3. The van der Waals surface area contributed by atoms with Gasteiger partial charge in [0.25, 0.3) is 9.05 Å². The maximum Gasteiger partial charge on any atom is 0.389 e. The molecule has 1 aromatic carbocycles. The molecule has 3 nitrogen and oxygen atoms in total. The van der Waals surface area contributed by atoms with Crippen LogP contribution < -0.4 is 4.74 Å². The highest BCUT2D eigenvalue weighted by Crippen LogP contribution is 2.33. The van der Waals surface area contributed by atoms with Crippen molar-refractivity contribution in [3.8, 4) is 5.75 Å². The smallest absolute Gasteiger partial charge is 0.389 e. The topological polar surface area (TPSA) is 43.4 Å². The maximum atomic E-state index is 12.1. The van der Waals surface area contributed by atoms with Crippen molar-refractivity contribution in [2.24, 2.45) is 0 Å². The molecule has 0 aromatic heterocycles. The van der Waals surface area contributed by atoms with Crippen LogP contribution in [0.3, 0.4) is 0 Å². The fourth-order valence-corrected chi connectivity index (χ4v) is 3.26. The highest BCUT2D eigenvalue weighted by Gasteiger charge is 2.26. The highest BCUT2D eigenvalue weighted by molar-refractivity contribution is 8.13. The largest absolute Gasteiger partial charge is 0.493 e. The van der Waals surface area contributed by atoms with Crippen molar-refractivity contribution in [2.75, 3.05) is 6.61 Å². The Morgan fingerprint density at radius 3 is 2.24 bits per heavy atom. The van der Waals surface area contributed by atoms with Crippen LogP contribution in [0.1, 0.15) is 29.5 Å². The normalized spacial score (nSPS) is 12.5. The number of ether oxygens (including phenoxy) is 1. The Labute approximate surface area is 126 Å². The van der Waals surface area contributed by atoms with Crippen LogP contribution in [-0.2, 0) is 9.05 Å². The molecule has 0 aliphatic heterocycles. The van der Waals surface area contributed by atoms with Crippen molar-refractivity contribution >= 4 is 19.7 Å². The number of benzene rings is 1. The molecule has 0 aliphatic rings. The molecule has 0 amide bonds. The average molecular weight is 345 g/mol. The number of alkyl halides is 3. The molecule has 0 fully saturated rings. The van der Waals surface area contributed by atoms with E-state index in [1.807, 2.05) is 0 Å². The van der Waals surface area contributed by atoms with E-state index in [0.29, 0.717) is 22.4 Å². The standard InChI is InChI=1S/C13H16ClF3O3S/c1-8-7-11(21(14,18)19)9(2)10(3)12(8)20-6-4-5-13(15,16)17/h7H,4-6H2,1-3H3. The van der Waals surface area contributed by atoms with Crippen molar-refractivity contribution in [1.29, 1.82) is 0 Å². The zero-order valence-electron chi connectivity index (χ0n) is 11.8. The molecule has 0 saturated carbocycles. The third-order valence-electron chi connectivity index (χ3n) is 3.09. The van der Waals surface area contributed by atoms with Crippen molar-refractivity contribution < 1.29 is 26.3 Å². The van der Waals surface area contributed by atoms with Crippen molar-refractivity contribution in [3.05, 3.63) is 22.8 Å². The Kier molecular flexibility index (Phi) is 5.55. The molecule has 0 bridgehead atoms. The van der Waals surface area contributed by atoms with Crippen LogP contribution in [0.15, 0.2) is 11.0 Å². The Morgan fingerprint density at radius 2 is 1.76 bits per heavy atom. The lowest BCUT2D eigenvalue weighted by Crippen LogP contribution is -2.11. The van der Waals surface area contributed by atoms with E-state index >= 15 is 0 Å². The van der Waals surface area contributed by atoms with Gasteiger partial charge in [-0.15, -0.1) is 0 Å². The molecule has 1 rings (SSSR count). The van der Waals surface area contributed by atoms with Gasteiger partial charge in [-0.25, -0.2) is 8.42 Å². The SMILES string of the molecule is Cc1cc(S(=O)(=O)Cl)c(C)c(C)c1OCCCC(F)(F)F.